The van der Waals surface area contributed by atoms with Crippen LogP contribution in [0.3, 0.4) is 0 Å². The Labute approximate surface area is 137 Å². The maximum absolute atomic E-state index is 12.0. The minimum absolute atomic E-state index is 0.263. The maximum Gasteiger partial charge on any atom is 0.321 e. The molecule has 0 spiro atoms. The van der Waals surface area contributed by atoms with Gasteiger partial charge in [-0.3, -0.25) is 4.79 Å². The lowest BCUT2D eigenvalue weighted by Crippen LogP contribution is -2.32. The highest BCUT2D eigenvalue weighted by molar-refractivity contribution is 5.89. The molecule has 124 valence electrons. The largest absolute Gasteiger partial charge is 0.460 e. The lowest BCUT2D eigenvalue weighted by molar-refractivity contribution is -0.154. The summed E-state index contributed by atoms with van der Waals surface area (Å²) in [6.07, 6.45) is 0.788. The third-order valence-corrected chi connectivity index (χ3v) is 2.88. The zero-order valence-electron chi connectivity index (χ0n) is 14.0. The molecule has 0 saturated carbocycles. The Hall–Kier alpha value is -2.55. The van der Waals surface area contributed by atoms with E-state index in [1.54, 1.807) is 31.3 Å². The van der Waals surface area contributed by atoms with Gasteiger partial charge in [0, 0.05) is 25.7 Å². The summed E-state index contributed by atoms with van der Waals surface area (Å²) in [6.45, 7) is 5.89. The summed E-state index contributed by atoms with van der Waals surface area (Å²) in [5, 5.41) is 11.5. The van der Waals surface area contributed by atoms with Crippen LogP contribution in [0.5, 0.6) is 0 Å². The third kappa shape index (κ3) is 7.32. The highest BCUT2D eigenvalue weighted by Gasteiger charge is 2.16. The third-order valence-electron chi connectivity index (χ3n) is 2.88. The molecular weight excluding hydrogens is 294 g/mol. The van der Waals surface area contributed by atoms with Crippen molar-refractivity contribution in [3.8, 4) is 6.07 Å². The molecule has 0 radical (unpaired) electrons. The lowest BCUT2D eigenvalue weighted by Gasteiger charge is -2.20. The first-order valence-corrected chi connectivity index (χ1v) is 7.45. The van der Waals surface area contributed by atoms with Gasteiger partial charge in [-0.25, -0.2) is 4.79 Å². The second-order valence-electron chi connectivity index (χ2n) is 6.23. The van der Waals surface area contributed by atoms with Crippen LogP contribution >= 0.6 is 0 Å². The van der Waals surface area contributed by atoms with Gasteiger partial charge in [0.2, 0.25) is 0 Å². The fourth-order valence-electron chi connectivity index (χ4n) is 1.84. The SMILES string of the molecule is CN(CCCC(=O)OC(C)(C)C)C(=O)Nc1cccc(C#N)c1. The zero-order chi connectivity index (χ0) is 17.5. The van der Waals surface area contributed by atoms with Gasteiger partial charge in [0.25, 0.3) is 0 Å². The number of nitrogens with one attached hydrogen (secondary N) is 1. The van der Waals surface area contributed by atoms with Crippen molar-refractivity contribution >= 4 is 17.7 Å². The summed E-state index contributed by atoms with van der Waals surface area (Å²) in [7, 11) is 1.65. The van der Waals surface area contributed by atoms with Gasteiger partial charge >= 0.3 is 12.0 Å². The van der Waals surface area contributed by atoms with Crippen molar-refractivity contribution in [1.82, 2.24) is 4.90 Å². The first kappa shape index (κ1) is 18.5. The Bertz CT molecular complexity index is 600. The topological polar surface area (TPSA) is 82.4 Å². The zero-order valence-corrected chi connectivity index (χ0v) is 14.0. The van der Waals surface area contributed by atoms with Crippen molar-refractivity contribution in [3.63, 3.8) is 0 Å². The summed E-state index contributed by atoms with van der Waals surface area (Å²) >= 11 is 0. The number of esters is 1. The average molecular weight is 317 g/mol. The van der Waals surface area contributed by atoms with Crippen LogP contribution in [0.4, 0.5) is 10.5 Å². The molecule has 1 rings (SSSR count). The van der Waals surface area contributed by atoms with Crippen molar-refractivity contribution < 1.29 is 14.3 Å². The Morgan fingerprint density at radius 3 is 2.65 bits per heavy atom. The van der Waals surface area contributed by atoms with Gasteiger partial charge in [-0.1, -0.05) is 6.07 Å². The summed E-state index contributed by atoms with van der Waals surface area (Å²) in [4.78, 5) is 25.1. The number of rotatable bonds is 5. The summed E-state index contributed by atoms with van der Waals surface area (Å²) in [5.41, 5.74) is 0.551. The van der Waals surface area contributed by atoms with E-state index in [9.17, 15) is 9.59 Å². The van der Waals surface area contributed by atoms with Gasteiger partial charge < -0.3 is 15.0 Å². The smallest absolute Gasteiger partial charge is 0.321 e. The Morgan fingerprint density at radius 2 is 2.04 bits per heavy atom. The van der Waals surface area contributed by atoms with E-state index in [0.29, 0.717) is 24.2 Å². The summed E-state index contributed by atoms with van der Waals surface area (Å²) < 4.78 is 5.21. The Morgan fingerprint density at radius 1 is 1.35 bits per heavy atom. The predicted octanol–water partition coefficient (Wildman–Crippen LogP) is 3.14. The molecule has 0 saturated heterocycles. The highest BCUT2D eigenvalue weighted by Crippen LogP contribution is 2.11. The van der Waals surface area contributed by atoms with Crippen molar-refractivity contribution in [2.24, 2.45) is 0 Å². The van der Waals surface area contributed by atoms with E-state index in [2.05, 4.69) is 5.32 Å². The molecule has 0 heterocycles. The highest BCUT2D eigenvalue weighted by atomic mass is 16.6. The molecule has 0 aliphatic carbocycles. The van der Waals surface area contributed by atoms with Crippen LogP contribution in [0.15, 0.2) is 24.3 Å². The van der Waals surface area contributed by atoms with Crippen LogP contribution < -0.4 is 5.32 Å². The number of hydrogen-bond donors (Lipinski definition) is 1. The molecule has 2 amide bonds. The molecule has 0 bridgehead atoms. The number of anilines is 1. The molecule has 6 heteroatoms. The molecule has 0 aliphatic rings. The second-order valence-corrected chi connectivity index (χ2v) is 6.23. The van der Waals surface area contributed by atoms with Crippen LogP contribution in [0, 0.1) is 11.3 Å². The van der Waals surface area contributed by atoms with Crippen LogP contribution in [0.1, 0.15) is 39.2 Å². The molecule has 0 aromatic heterocycles. The van der Waals surface area contributed by atoms with Gasteiger partial charge in [0.1, 0.15) is 5.60 Å². The maximum atomic E-state index is 12.0. The number of nitrogens with zero attached hydrogens (tertiary/aromatic N) is 2. The quantitative estimate of drug-likeness (QED) is 0.846. The number of carbonyl (C=O) groups excluding carboxylic acids is 2. The number of amides is 2. The second kappa shape index (κ2) is 8.18. The fourth-order valence-corrected chi connectivity index (χ4v) is 1.84. The van der Waals surface area contributed by atoms with E-state index in [0.717, 1.165) is 0 Å². The minimum Gasteiger partial charge on any atom is -0.460 e. The molecule has 6 nitrogen and oxygen atoms in total. The molecule has 23 heavy (non-hydrogen) atoms. The molecule has 0 atom stereocenters. The van der Waals surface area contributed by atoms with E-state index in [4.69, 9.17) is 10.00 Å². The number of hydrogen-bond acceptors (Lipinski definition) is 4. The number of nitriles is 1. The van der Waals surface area contributed by atoms with Gasteiger partial charge in [0.05, 0.1) is 11.6 Å². The summed E-state index contributed by atoms with van der Waals surface area (Å²) in [6, 6.07) is 8.42. The number of ether oxygens (including phenoxy) is 1. The first-order chi connectivity index (χ1) is 10.7. The fraction of sp³-hybridized carbons (Fsp3) is 0.471. The molecule has 1 aromatic carbocycles. The molecule has 0 unspecified atom stereocenters. The molecular formula is C17H23N3O3. The van der Waals surface area contributed by atoms with Gasteiger partial charge in [-0.2, -0.15) is 5.26 Å². The van der Waals surface area contributed by atoms with Crippen LogP contribution in [-0.4, -0.2) is 36.1 Å². The van der Waals surface area contributed by atoms with E-state index >= 15 is 0 Å². The van der Waals surface area contributed by atoms with Crippen molar-refractivity contribution in [1.29, 1.82) is 5.26 Å². The molecule has 1 aromatic rings. The van der Waals surface area contributed by atoms with E-state index in [-0.39, 0.29) is 18.4 Å². The van der Waals surface area contributed by atoms with Crippen LogP contribution in [0.25, 0.3) is 0 Å². The predicted molar refractivity (Wildman–Crippen MR) is 87.9 cm³/mol. The van der Waals surface area contributed by atoms with Crippen molar-refractivity contribution in [3.05, 3.63) is 29.8 Å². The number of benzene rings is 1. The minimum atomic E-state index is -0.494. The van der Waals surface area contributed by atoms with Crippen molar-refractivity contribution in [2.45, 2.75) is 39.2 Å². The molecule has 0 aliphatic heterocycles. The monoisotopic (exact) mass is 317 g/mol. The standard InChI is InChI=1S/C17H23N3O3/c1-17(2,3)23-15(21)9-6-10-20(4)16(22)19-14-8-5-7-13(11-14)12-18/h5,7-8,11H,6,9-10H2,1-4H3,(H,19,22). The van der Waals surface area contributed by atoms with E-state index < -0.39 is 5.60 Å². The summed E-state index contributed by atoms with van der Waals surface area (Å²) in [5.74, 6) is -0.270. The molecule has 0 fully saturated rings. The number of urea groups is 1. The van der Waals surface area contributed by atoms with Gasteiger partial charge in [0.15, 0.2) is 0 Å². The van der Waals surface area contributed by atoms with Gasteiger partial charge in [-0.05, 0) is 45.4 Å². The lowest BCUT2D eigenvalue weighted by atomic mass is 10.2. The van der Waals surface area contributed by atoms with Crippen molar-refractivity contribution in [2.75, 3.05) is 18.9 Å². The number of carbonyl (C=O) groups is 2. The van der Waals surface area contributed by atoms with E-state index in [1.165, 1.54) is 4.90 Å². The Kier molecular flexibility index (Phi) is 6.58. The van der Waals surface area contributed by atoms with Gasteiger partial charge in [-0.15, -0.1) is 0 Å². The molecule has 1 N–H and O–H groups in total. The first-order valence-electron chi connectivity index (χ1n) is 7.45. The van der Waals surface area contributed by atoms with Crippen LogP contribution in [-0.2, 0) is 9.53 Å². The van der Waals surface area contributed by atoms with Crippen LogP contribution in [0.2, 0.25) is 0 Å². The Balaban J connectivity index is 2.40. The average Bonchev–Trinajstić information content (AvgIpc) is 2.45. The van der Waals surface area contributed by atoms with E-state index in [1.807, 2.05) is 26.8 Å². The normalized spacial score (nSPS) is 10.6.